The first-order chi connectivity index (χ1) is 8.56. The largest absolute Gasteiger partial charge is 0.465 e. The number of benzene rings is 1. The summed E-state index contributed by atoms with van der Waals surface area (Å²) >= 11 is 0. The number of halogens is 2. The van der Waals surface area contributed by atoms with Crippen molar-refractivity contribution in [3.8, 4) is 0 Å². The number of ether oxygens (including phenoxy) is 1. The molecule has 0 saturated heterocycles. The van der Waals surface area contributed by atoms with Gasteiger partial charge < -0.3 is 4.74 Å². The number of esters is 1. The fraction of sp³-hybridized carbons (Fsp3) is 0.250. The van der Waals surface area contributed by atoms with E-state index in [0.717, 1.165) is 18.3 Å². The molecule has 1 aliphatic heterocycles. The fourth-order valence-corrected chi connectivity index (χ4v) is 1.67. The molecule has 0 radical (unpaired) electrons. The van der Waals surface area contributed by atoms with Crippen LogP contribution in [0.3, 0.4) is 0 Å². The van der Waals surface area contributed by atoms with E-state index in [0.29, 0.717) is 0 Å². The second-order valence-electron chi connectivity index (χ2n) is 3.62. The number of carbonyl (C=O) groups is 2. The third kappa shape index (κ3) is 1.90. The smallest absolute Gasteiger partial charge is 0.322 e. The zero-order valence-corrected chi connectivity index (χ0v) is 9.44. The lowest BCUT2D eigenvalue weighted by Gasteiger charge is -2.16. The molecule has 94 valence electrons. The Balaban J connectivity index is 2.46. The van der Waals surface area contributed by atoms with Crippen molar-refractivity contribution in [3.05, 3.63) is 29.3 Å². The summed E-state index contributed by atoms with van der Waals surface area (Å²) in [5.74, 6) is -4.68. The number of ketones is 1. The Hall–Kier alpha value is -2.11. The lowest BCUT2D eigenvalue weighted by atomic mass is 9.94. The molecule has 1 unspecified atom stereocenters. The highest BCUT2D eigenvalue weighted by molar-refractivity contribution is 6.22. The van der Waals surface area contributed by atoms with Crippen LogP contribution in [0.25, 0.3) is 0 Å². The molecule has 4 nitrogen and oxygen atoms in total. The molecule has 1 aliphatic rings. The lowest BCUT2D eigenvalue weighted by Crippen LogP contribution is -2.30. The molecule has 1 aromatic carbocycles. The van der Waals surface area contributed by atoms with E-state index in [-0.39, 0.29) is 12.3 Å². The highest BCUT2D eigenvalue weighted by Gasteiger charge is 2.35. The van der Waals surface area contributed by atoms with Crippen LogP contribution in [0.2, 0.25) is 0 Å². The molecule has 0 fully saturated rings. The van der Waals surface area contributed by atoms with Crippen molar-refractivity contribution in [3.63, 3.8) is 0 Å². The van der Waals surface area contributed by atoms with Crippen LogP contribution in [-0.4, -0.2) is 24.6 Å². The van der Waals surface area contributed by atoms with Crippen LogP contribution < -0.4 is 0 Å². The topological polar surface area (TPSA) is 55.7 Å². The first-order valence-electron chi connectivity index (χ1n) is 5.29. The number of hydrogen-bond donors (Lipinski definition) is 0. The maximum atomic E-state index is 13.5. The van der Waals surface area contributed by atoms with Crippen molar-refractivity contribution in [2.24, 2.45) is 10.9 Å². The molecule has 0 aliphatic carbocycles. The summed E-state index contributed by atoms with van der Waals surface area (Å²) in [7, 11) is 0. The predicted octanol–water partition coefficient (Wildman–Crippen LogP) is 2.04. The van der Waals surface area contributed by atoms with Gasteiger partial charge in [-0.3, -0.25) is 14.6 Å². The van der Waals surface area contributed by atoms with Crippen LogP contribution in [0.4, 0.5) is 14.5 Å². The van der Waals surface area contributed by atoms with Gasteiger partial charge in [0.1, 0.15) is 17.3 Å². The Bertz CT molecular complexity index is 554. The minimum atomic E-state index is -1.31. The van der Waals surface area contributed by atoms with Gasteiger partial charge in [-0.25, -0.2) is 8.78 Å². The Morgan fingerprint density at radius 1 is 1.39 bits per heavy atom. The van der Waals surface area contributed by atoms with Gasteiger partial charge in [-0.05, 0) is 19.1 Å². The first-order valence-corrected chi connectivity index (χ1v) is 5.29. The molecule has 0 bridgehead atoms. The zero-order chi connectivity index (χ0) is 13.3. The number of Topliss-reactive ketones (excluding diaryl/α,β-unsaturated/α-hetero) is 1. The van der Waals surface area contributed by atoms with E-state index >= 15 is 0 Å². The standard InChI is InChI=1S/C12H9F2NO3/c1-2-18-12(17)6-5-15-10-8(14)4-3-7(13)9(10)11(6)16/h3-6H,2H2,1H3. The summed E-state index contributed by atoms with van der Waals surface area (Å²) in [4.78, 5) is 27.0. The first kappa shape index (κ1) is 12.3. The number of fused-ring (bicyclic) bond motifs is 1. The monoisotopic (exact) mass is 253 g/mol. The normalized spacial score (nSPS) is 17.5. The van der Waals surface area contributed by atoms with E-state index in [1.807, 2.05) is 0 Å². The maximum absolute atomic E-state index is 13.5. The number of nitrogens with zero attached hydrogens (tertiary/aromatic N) is 1. The summed E-state index contributed by atoms with van der Waals surface area (Å²) in [5, 5.41) is 0. The fourth-order valence-electron chi connectivity index (χ4n) is 1.67. The molecule has 1 atom stereocenters. The average Bonchev–Trinajstić information content (AvgIpc) is 2.34. The van der Waals surface area contributed by atoms with Crippen LogP contribution in [0, 0.1) is 17.6 Å². The van der Waals surface area contributed by atoms with Gasteiger partial charge in [-0.15, -0.1) is 0 Å². The Kier molecular flexibility index (Phi) is 3.18. The minimum absolute atomic E-state index is 0.0922. The lowest BCUT2D eigenvalue weighted by molar-refractivity contribution is -0.144. The zero-order valence-electron chi connectivity index (χ0n) is 9.44. The molecule has 1 heterocycles. The van der Waals surface area contributed by atoms with Crippen molar-refractivity contribution < 1.29 is 23.1 Å². The minimum Gasteiger partial charge on any atom is -0.465 e. The van der Waals surface area contributed by atoms with E-state index in [9.17, 15) is 18.4 Å². The van der Waals surface area contributed by atoms with E-state index in [2.05, 4.69) is 9.73 Å². The second-order valence-corrected chi connectivity index (χ2v) is 3.62. The molecule has 0 spiro atoms. The van der Waals surface area contributed by atoms with Crippen LogP contribution in [0.1, 0.15) is 17.3 Å². The van der Waals surface area contributed by atoms with Crippen molar-refractivity contribution in [2.45, 2.75) is 6.92 Å². The summed E-state index contributed by atoms with van der Waals surface area (Å²) in [6.07, 6.45) is 0.977. The molecule has 6 heteroatoms. The van der Waals surface area contributed by atoms with Gasteiger partial charge >= 0.3 is 5.97 Å². The number of hydrogen-bond acceptors (Lipinski definition) is 4. The summed E-state index contributed by atoms with van der Waals surface area (Å²) in [6, 6.07) is 1.71. The quantitative estimate of drug-likeness (QED) is 0.598. The Morgan fingerprint density at radius 3 is 2.72 bits per heavy atom. The number of rotatable bonds is 2. The predicted molar refractivity (Wildman–Crippen MR) is 59.0 cm³/mol. The molecule has 1 aromatic rings. The van der Waals surface area contributed by atoms with Crippen molar-refractivity contribution in [1.82, 2.24) is 0 Å². The van der Waals surface area contributed by atoms with Crippen molar-refractivity contribution in [2.75, 3.05) is 6.61 Å². The van der Waals surface area contributed by atoms with Crippen LogP contribution in [-0.2, 0) is 9.53 Å². The molecule has 0 saturated carbocycles. The maximum Gasteiger partial charge on any atom is 0.322 e. The van der Waals surface area contributed by atoms with E-state index in [1.54, 1.807) is 6.92 Å². The molecular weight excluding hydrogens is 244 g/mol. The number of carbonyl (C=O) groups excluding carboxylic acids is 2. The Morgan fingerprint density at radius 2 is 2.06 bits per heavy atom. The summed E-state index contributed by atoms with van der Waals surface area (Å²) in [5.41, 5.74) is -0.879. The van der Waals surface area contributed by atoms with Gasteiger partial charge in [-0.1, -0.05) is 0 Å². The molecule has 2 rings (SSSR count). The third-order valence-corrected chi connectivity index (χ3v) is 2.50. The van der Waals surface area contributed by atoms with Gasteiger partial charge in [0.25, 0.3) is 0 Å². The van der Waals surface area contributed by atoms with Crippen LogP contribution in [0.15, 0.2) is 17.1 Å². The van der Waals surface area contributed by atoms with E-state index in [1.165, 1.54) is 0 Å². The van der Waals surface area contributed by atoms with E-state index in [4.69, 9.17) is 0 Å². The SMILES string of the molecule is CCOC(=O)C1C=Nc2c(F)ccc(F)c2C1=O. The molecule has 0 N–H and O–H groups in total. The molecule has 18 heavy (non-hydrogen) atoms. The Labute approximate surface area is 101 Å². The molecule has 0 amide bonds. The molecule has 0 aromatic heterocycles. The number of aliphatic imine (C=N–C) groups is 1. The average molecular weight is 253 g/mol. The highest BCUT2D eigenvalue weighted by Crippen LogP contribution is 2.31. The van der Waals surface area contributed by atoms with Crippen molar-refractivity contribution >= 4 is 23.7 Å². The van der Waals surface area contributed by atoms with Gasteiger partial charge in [0.2, 0.25) is 0 Å². The molecular formula is C12H9F2NO3. The third-order valence-electron chi connectivity index (χ3n) is 2.50. The van der Waals surface area contributed by atoms with Crippen LogP contribution >= 0.6 is 0 Å². The highest BCUT2D eigenvalue weighted by atomic mass is 19.1. The summed E-state index contributed by atoms with van der Waals surface area (Å²) in [6.45, 7) is 1.67. The van der Waals surface area contributed by atoms with Gasteiger partial charge in [-0.2, -0.15) is 0 Å². The van der Waals surface area contributed by atoms with Gasteiger partial charge in [0.05, 0.1) is 12.2 Å². The second kappa shape index (κ2) is 4.64. The van der Waals surface area contributed by atoms with Crippen LogP contribution in [0.5, 0.6) is 0 Å². The van der Waals surface area contributed by atoms with Crippen molar-refractivity contribution in [1.29, 1.82) is 0 Å². The van der Waals surface area contributed by atoms with Gasteiger partial charge in [0.15, 0.2) is 11.7 Å². The summed E-state index contributed by atoms with van der Waals surface area (Å²) < 4.78 is 31.5. The van der Waals surface area contributed by atoms with Gasteiger partial charge in [0, 0.05) is 6.21 Å². The van der Waals surface area contributed by atoms with E-state index < -0.39 is 34.9 Å².